The molecule has 0 fully saturated rings. The van der Waals surface area contributed by atoms with Gasteiger partial charge in [-0.3, -0.25) is 0 Å². The third-order valence-corrected chi connectivity index (χ3v) is 2.66. The second kappa shape index (κ2) is 3.86. The van der Waals surface area contributed by atoms with Crippen LogP contribution in [-0.2, 0) is 0 Å². The van der Waals surface area contributed by atoms with Gasteiger partial charge in [0.05, 0.1) is 0 Å². The molecule has 0 amide bonds. The minimum atomic E-state index is 0.867. The summed E-state index contributed by atoms with van der Waals surface area (Å²) in [6.45, 7) is 0. The molecule has 1 aromatic heterocycles. The molecule has 1 heterocycles. The predicted octanol–water partition coefficient (Wildman–Crippen LogP) is 1.51. The number of ether oxygens (including phenoxy) is 1. The van der Waals surface area contributed by atoms with Gasteiger partial charge in [0.25, 0.3) is 0 Å². The SMILES string of the molecule is COc1ccc(-n2cc[nH]c2=[Se])cc1. The molecule has 0 aliphatic rings. The number of hydrogen-bond donors (Lipinski definition) is 1. The van der Waals surface area contributed by atoms with E-state index in [0.717, 1.165) is 15.8 Å². The summed E-state index contributed by atoms with van der Waals surface area (Å²) in [7, 11) is 1.66. The number of methoxy groups -OCH3 is 1. The molecule has 14 heavy (non-hydrogen) atoms. The van der Waals surface area contributed by atoms with Gasteiger partial charge in [0, 0.05) is 0 Å². The number of nitrogens with zero attached hydrogens (tertiary/aromatic N) is 1. The Labute approximate surface area is 89.7 Å². The van der Waals surface area contributed by atoms with Crippen molar-refractivity contribution in [1.29, 1.82) is 0 Å². The summed E-state index contributed by atoms with van der Waals surface area (Å²) in [6, 6.07) is 7.89. The molecule has 1 N–H and O–H groups in total. The molecule has 3 nitrogen and oxygen atoms in total. The summed E-state index contributed by atoms with van der Waals surface area (Å²) in [5, 5.41) is 0. The van der Waals surface area contributed by atoms with Gasteiger partial charge >= 0.3 is 89.4 Å². The second-order valence-corrected chi connectivity index (χ2v) is 3.64. The molecule has 0 radical (unpaired) electrons. The summed E-state index contributed by atoms with van der Waals surface area (Å²) in [4.78, 5) is 3.07. The standard InChI is InChI=1S/C10H10N2OSe/c1-13-9-4-2-8(3-5-9)12-7-6-11-10(12)14/h2-7H,1H3,(H,11,14). The molecular weight excluding hydrogens is 243 g/mol. The van der Waals surface area contributed by atoms with E-state index in [9.17, 15) is 0 Å². The van der Waals surface area contributed by atoms with E-state index in [2.05, 4.69) is 20.6 Å². The Kier molecular flexibility index (Phi) is 2.57. The summed E-state index contributed by atoms with van der Waals surface area (Å²) in [6.07, 6.45) is 3.85. The molecule has 2 rings (SSSR count). The van der Waals surface area contributed by atoms with Gasteiger partial charge in [-0.25, -0.2) is 0 Å². The molecule has 0 atom stereocenters. The molecule has 0 saturated carbocycles. The number of benzene rings is 1. The quantitative estimate of drug-likeness (QED) is 0.808. The maximum atomic E-state index is 5.09. The van der Waals surface area contributed by atoms with Crippen LogP contribution in [0.4, 0.5) is 0 Å². The van der Waals surface area contributed by atoms with Crippen molar-refractivity contribution >= 4 is 15.6 Å². The van der Waals surface area contributed by atoms with Crippen LogP contribution in [0.15, 0.2) is 36.7 Å². The Morgan fingerprint density at radius 1 is 1.29 bits per heavy atom. The van der Waals surface area contributed by atoms with Gasteiger partial charge in [-0.15, -0.1) is 0 Å². The average molecular weight is 253 g/mol. The van der Waals surface area contributed by atoms with Crippen LogP contribution in [0.25, 0.3) is 5.69 Å². The first kappa shape index (κ1) is 9.31. The first-order chi connectivity index (χ1) is 6.81. The summed E-state index contributed by atoms with van der Waals surface area (Å²) in [5.41, 5.74) is 1.10. The van der Waals surface area contributed by atoms with E-state index < -0.39 is 0 Å². The molecule has 0 aliphatic heterocycles. The fourth-order valence-electron chi connectivity index (χ4n) is 1.27. The van der Waals surface area contributed by atoms with Gasteiger partial charge in [-0.2, -0.15) is 0 Å². The fraction of sp³-hybridized carbons (Fsp3) is 0.100. The van der Waals surface area contributed by atoms with E-state index in [1.807, 2.05) is 41.2 Å². The van der Waals surface area contributed by atoms with E-state index in [1.165, 1.54) is 0 Å². The molecule has 1 aromatic carbocycles. The van der Waals surface area contributed by atoms with Crippen molar-refractivity contribution in [1.82, 2.24) is 9.55 Å². The van der Waals surface area contributed by atoms with Crippen molar-refractivity contribution < 1.29 is 4.74 Å². The van der Waals surface area contributed by atoms with E-state index in [0.29, 0.717) is 0 Å². The third-order valence-electron chi connectivity index (χ3n) is 2.00. The fourth-order valence-corrected chi connectivity index (χ4v) is 1.76. The second-order valence-electron chi connectivity index (χ2n) is 2.83. The van der Waals surface area contributed by atoms with Gasteiger partial charge < -0.3 is 0 Å². The number of aromatic nitrogens is 2. The van der Waals surface area contributed by atoms with Crippen molar-refractivity contribution in [2.45, 2.75) is 0 Å². The Morgan fingerprint density at radius 2 is 2.00 bits per heavy atom. The Morgan fingerprint density at radius 3 is 2.50 bits per heavy atom. The first-order valence-electron chi connectivity index (χ1n) is 4.22. The molecule has 0 unspecified atom stereocenters. The van der Waals surface area contributed by atoms with E-state index in [4.69, 9.17) is 4.74 Å². The molecule has 2 aromatic rings. The van der Waals surface area contributed by atoms with Crippen LogP contribution in [0.1, 0.15) is 0 Å². The zero-order valence-electron chi connectivity index (χ0n) is 7.73. The molecule has 0 spiro atoms. The predicted molar refractivity (Wildman–Crippen MR) is 55.7 cm³/mol. The maximum absolute atomic E-state index is 5.09. The first-order valence-corrected chi connectivity index (χ1v) is 5.07. The number of imidazole rings is 1. The molecule has 4 heteroatoms. The van der Waals surface area contributed by atoms with Crippen LogP contribution in [0, 0.1) is 4.32 Å². The Hall–Kier alpha value is -1.25. The molecular formula is C10H10N2OSe. The molecule has 0 aliphatic carbocycles. The van der Waals surface area contributed by atoms with Gasteiger partial charge in [-0.1, -0.05) is 0 Å². The van der Waals surface area contributed by atoms with Crippen LogP contribution in [0.5, 0.6) is 5.75 Å². The number of hydrogen-bond acceptors (Lipinski definition) is 1. The number of aromatic amines is 1. The van der Waals surface area contributed by atoms with Crippen LogP contribution in [0.2, 0.25) is 0 Å². The van der Waals surface area contributed by atoms with Crippen molar-refractivity contribution in [3.8, 4) is 11.4 Å². The van der Waals surface area contributed by atoms with Gasteiger partial charge in [-0.05, 0) is 0 Å². The zero-order valence-corrected chi connectivity index (χ0v) is 9.44. The topological polar surface area (TPSA) is 29.9 Å². The number of nitrogens with one attached hydrogen (secondary N) is 1. The molecule has 72 valence electrons. The van der Waals surface area contributed by atoms with Crippen LogP contribution in [0.3, 0.4) is 0 Å². The zero-order chi connectivity index (χ0) is 9.97. The minimum absolute atomic E-state index is 0.867. The average Bonchev–Trinajstić information content (AvgIpc) is 2.65. The van der Waals surface area contributed by atoms with Crippen molar-refractivity contribution in [2.24, 2.45) is 0 Å². The Balaban J connectivity index is 2.44. The van der Waals surface area contributed by atoms with Crippen LogP contribution in [-0.4, -0.2) is 32.2 Å². The third kappa shape index (κ3) is 1.67. The van der Waals surface area contributed by atoms with Gasteiger partial charge in [0.1, 0.15) is 0 Å². The van der Waals surface area contributed by atoms with E-state index in [-0.39, 0.29) is 0 Å². The van der Waals surface area contributed by atoms with Crippen molar-refractivity contribution in [2.75, 3.05) is 7.11 Å². The summed E-state index contributed by atoms with van der Waals surface area (Å²) < 4.78 is 8.10. The molecule has 0 bridgehead atoms. The summed E-state index contributed by atoms with van der Waals surface area (Å²) in [5.74, 6) is 0.867. The molecule has 0 saturated heterocycles. The van der Waals surface area contributed by atoms with E-state index >= 15 is 0 Å². The number of rotatable bonds is 2. The van der Waals surface area contributed by atoms with Crippen LogP contribution < -0.4 is 4.74 Å². The Bertz CT molecular complexity index is 469. The summed E-state index contributed by atoms with van der Waals surface area (Å²) >= 11 is 2.95. The number of H-pyrrole nitrogens is 1. The van der Waals surface area contributed by atoms with Crippen molar-refractivity contribution in [3.05, 3.63) is 41.0 Å². The monoisotopic (exact) mass is 254 g/mol. The van der Waals surface area contributed by atoms with E-state index in [1.54, 1.807) is 7.11 Å². The van der Waals surface area contributed by atoms with Crippen molar-refractivity contribution in [3.63, 3.8) is 0 Å². The van der Waals surface area contributed by atoms with Crippen LogP contribution >= 0.6 is 0 Å². The van der Waals surface area contributed by atoms with Gasteiger partial charge in [0.15, 0.2) is 0 Å². The van der Waals surface area contributed by atoms with Gasteiger partial charge in [0.2, 0.25) is 0 Å². The normalized spacial score (nSPS) is 10.1.